The fourth-order valence-corrected chi connectivity index (χ4v) is 4.47. The second-order valence-electron chi connectivity index (χ2n) is 5.69. The van der Waals surface area contributed by atoms with Crippen LogP contribution in [0, 0.1) is 0 Å². The van der Waals surface area contributed by atoms with Crippen molar-refractivity contribution in [3.05, 3.63) is 33.1 Å². The molecule has 0 radical (unpaired) electrons. The van der Waals surface area contributed by atoms with Crippen molar-refractivity contribution in [2.45, 2.75) is 44.5 Å². The maximum Gasteiger partial charge on any atom is 0.333 e. The molecule has 0 spiro atoms. The molecule has 0 amide bonds. The van der Waals surface area contributed by atoms with Crippen LogP contribution in [0.1, 0.15) is 20.1 Å². The van der Waals surface area contributed by atoms with Gasteiger partial charge in [-0.1, -0.05) is 0 Å². The van der Waals surface area contributed by atoms with E-state index in [0.29, 0.717) is 0 Å². The van der Waals surface area contributed by atoms with Gasteiger partial charge in [0.25, 0.3) is 5.56 Å². The summed E-state index contributed by atoms with van der Waals surface area (Å²) in [7, 11) is -3.62. The monoisotopic (exact) mass is 394 g/mol. The molecule has 1 aromatic heterocycles. The lowest BCUT2D eigenvalue weighted by molar-refractivity contribution is -0.0806. The van der Waals surface area contributed by atoms with Gasteiger partial charge in [-0.15, -0.1) is 0 Å². The lowest BCUT2D eigenvalue weighted by Crippen LogP contribution is -2.41. The van der Waals surface area contributed by atoms with E-state index in [1.807, 2.05) is 4.98 Å². The van der Waals surface area contributed by atoms with Crippen LogP contribution < -0.4 is 11.2 Å². The van der Waals surface area contributed by atoms with Crippen molar-refractivity contribution in [2.75, 3.05) is 19.4 Å². The Bertz CT molecular complexity index is 753. The van der Waals surface area contributed by atoms with Crippen molar-refractivity contribution < 1.29 is 33.7 Å². The molecule has 4 N–H and O–H groups in total. The summed E-state index contributed by atoms with van der Waals surface area (Å²) < 4.78 is 29.0. The molecule has 0 aromatic carbocycles. The van der Waals surface area contributed by atoms with E-state index in [1.165, 1.54) is 0 Å². The summed E-state index contributed by atoms with van der Waals surface area (Å²) in [6.07, 6.45) is -6.66. The second-order valence-corrected chi connectivity index (χ2v) is 7.79. The Morgan fingerprint density at radius 2 is 1.88 bits per heavy atom. The average molecular weight is 394 g/mol. The number of aromatic amines is 1. The Labute approximate surface area is 148 Å². The van der Waals surface area contributed by atoms with Gasteiger partial charge in [0.15, 0.2) is 6.23 Å². The van der Waals surface area contributed by atoms with Crippen LogP contribution >= 0.6 is 7.60 Å². The zero-order valence-electron chi connectivity index (χ0n) is 14.3. The highest BCUT2D eigenvalue weighted by Crippen LogP contribution is 2.49. The van der Waals surface area contributed by atoms with Crippen LogP contribution in [0.2, 0.25) is 0 Å². The highest BCUT2D eigenvalue weighted by Gasteiger charge is 2.48. The second kappa shape index (κ2) is 8.57. The number of ether oxygens (including phenoxy) is 1. The summed E-state index contributed by atoms with van der Waals surface area (Å²) in [4.78, 5) is 25.0. The van der Waals surface area contributed by atoms with Crippen molar-refractivity contribution in [3.8, 4) is 0 Å². The molecule has 0 saturated carbocycles. The van der Waals surface area contributed by atoms with Crippen LogP contribution in [-0.2, 0) is 18.3 Å². The van der Waals surface area contributed by atoms with Crippen molar-refractivity contribution in [1.82, 2.24) is 9.55 Å². The van der Waals surface area contributed by atoms with Gasteiger partial charge in [-0.25, -0.2) is 4.79 Å². The minimum atomic E-state index is -3.62. The van der Waals surface area contributed by atoms with E-state index in [-0.39, 0.29) is 13.2 Å². The maximum atomic E-state index is 12.5. The summed E-state index contributed by atoms with van der Waals surface area (Å²) in [6, 6.07) is 1.05. The van der Waals surface area contributed by atoms with Gasteiger partial charge in [-0.05, 0) is 13.8 Å². The average Bonchev–Trinajstić information content (AvgIpc) is 2.84. The van der Waals surface area contributed by atoms with Gasteiger partial charge < -0.3 is 29.1 Å². The zero-order valence-corrected chi connectivity index (χ0v) is 15.2. The molecule has 148 valence electrons. The number of H-pyrrole nitrogens is 1. The van der Waals surface area contributed by atoms with Crippen LogP contribution in [0.25, 0.3) is 0 Å². The Balaban J connectivity index is 2.19. The summed E-state index contributed by atoms with van der Waals surface area (Å²) >= 11 is 0. The van der Waals surface area contributed by atoms with Crippen molar-refractivity contribution in [3.63, 3.8) is 0 Å². The number of aliphatic hydroxyl groups excluding tert-OH is 3. The lowest BCUT2D eigenvalue weighted by Gasteiger charge is -2.25. The first kappa shape index (κ1) is 21.0. The Kier molecular flexibility index (Phi) is 6.92. The minimum absolute atomic E-state index is 0.0934. The largest absolute Gasteiger partial charge is 0.390 e. The van der Waals surface area contributed by atoms with Crippen molar-refractivity contribution in [2.24, 2.45) is 0 Å². The molecular weight excluding hydrogens is 371 g/mol. The van der Waals surface area contributed by atoms with Gasteiger partial charge in [-0.2, -0.15) is 0 Å². The third-order valence-electron chi connectivity index (χ3n) is 3.84. The van der Waals surface area contributed by atoms with Crippen LogP contribution in [0.3, 0.4) is 0 Å². The van der Waals surface area contributed by atoms with Crippen molar-refractivity contribution >= 4 is 7.60 Å². The molecule has 1 aromatic rings. The predicted molar refractivity (Wildman–Crippen MR) is 89.0 cm³/mol. The van der Waals surface area contributed by atoms with E-state index >= 15 is 0 Å². The van der Waals surface area contributed by atoms with Gasteiger partial charge in [0.05, 0.1) is 25.5 Å². The number of hydrogen-bond acceptors (Lipinski definition) is 9. The Morgan fingerprint density at radius 3 is 2.42 bits per heavy atom. The molecule has 0 bridgehead atoms. The highest BCUT2D eigenvalue weighted by molar-refractivity contribution is 7.53. The molecule has 12 heteroatoms. The number of nitrogens with zero attached hydrogens (tertiary/aromatic N) is 1. The van der Waals surface area contributed by atoms with E-state index in [0.717, 1.165) is 16.8 Å². The highest BCUT2D eigenvalue weighted by atomic mass is 31.2. The van der Waals surface area contributed by atoms with Gasteiger partial charge in [0.1, 0.15) is 18.3 Å². The standard InChI is InChI=1S/C14H23N2O9P/c1-3-23-26(22,24-4-2)7-8(17)12-10(19)11(20)13(25-12)16-6-5-9(18)15-14(16)21/h5-6,8,10-13,17,19-20H,3-4,7H2,1-2H3,(H,15,18,21)/t8-,10-,11+,12+,13+/m0/s1. The maximum absolute atomic E-state index is 12.5. The first-order valence-corrected chi connectivity index (χ1v) is 9.84. The van der Waals surface area contributed by atoms with Crippen LogP contribution in [0.4, 0.5) is 0 Å². The molecule has 5 atom stereocenters. The third kappa shape index (κ3) is 4.49. The summed E-state index contributed by atoms with van der Waals surface area (Å²) in [5, 5.41) is 30.7. The van der Waals surface area contributed by atoms with E-state index in [2.05, 4.69) is 0 Å². The first-order chi connectivity index (χ1) is 12.2. The van der Waals surface area contributed by atoms with E-state index in [9.17, 15) is 29.5 Å². The van der Waals surface area contributed by atoms with E-state index < -0.39 is 55.7 Å². The normalized spacial score (nSPS) is 27.6. The Hall–Kier alpha value is -1.33. The fraction of sp³-hybridized carbons (Fsp3) is 0.714. The van der Waals surface area contributed by atoms with Gasteiger partial charge >= 0.3 is 13.3 Å². The molecule has 1 fully saturated rings. The Morgan fingerprint density at radius 1 is 1.27 bits per heavy atom. The topological polar surface area (TPSA) is 160 Å². The van der Waals surface area contributed by atoms with E-state index in [1.54, 1.807) is 13.8 Å². The number of rotatable bonds is 8. The first-order valence-electron chi connectivity index (χ1n) is 8.11. The number of hydrogen-bond donors (Lipinski definition) is 4. The quantitative estimate of drug-likeness (QED) is 0.396. The summed E-state index contributed by atoms with van der Waals surface area (Å²) in [5.74, 6) is 0. The van der Waals surface area contributed by atoms with Gasteiger partial charge in [0, 0.05) is 12.3 Å². The molecular formula is C14H23N2O9P. The molecule has 2 rings (SSSR count). The zero-order chi connectivity index (χ0) is 19.5. The smallest absolute Gasteiger partial charge is 0.333 e. The SMILES string of the molecule is CCOP(=O)(C[C@H](O)[C@H]1O[C@@H](n2ccc(=O)[nH]c2=O)[C@H](O)[C@@H]1O)OCC. The molecule has 1 saturated heterocycles. The molecule has 0 unspecified atom stereocenters. The summed E-state index contributed by atoms with van der Waals surface area (Å²) in [6.45, 7) is 3.41. The van der Waals surface area contributed by atoms with E-state index in [4.69, 9.17) is 13.8 Å². The number of nitrogens with one attached hydrogen (secondary N) is 1. The van der Waals surface area contributed by atoms with Crippen LogP contribution in [0.5, 0.6) is 0 Å². The van der Waals surface area contributed by atoms with Crippen molar-refractivity contribution in [1.29, 1.82) is 0 Å². The molecule has 0 aliphatic carbocycles. The third-order valence-corrected chi connectivity index (χ3v) is 5.97. The summed E-state index contributed by atoms with van der Waals surface area (Å²) in [5.41, 5.74) is -1.48. The number of aromatic nitrogens is 2. The molecule has 1 aliphatic rings. The minimum Gasteiger partial charge on any atom is -0.390 e. The predicted octanol–water partition coefficient (Wildman–Crippen LogP) is -1.22. The molecule has 11 nitrogen and oxygen atoms in total. The molecule has 1 aliphatic heterocycles. The van der Waals surface area contributed by atoms with Crippen LogP contribution in [-0.4, -0.2) is 68.7 Å². The van der Waals surface area contributed by atoms with Crippen LogP contribution in [0.15, 0.2) is 21.9 Å². The molecule has 26 heavy (non-hydrogen) atoms. The molecule has 2 heterocycles. The fourth-order valence-electron chi connectivity index (χ4n) is 2.73. The lowest BCUT2D eigenvalue weighted by atomic mass is 10.1. The van der Waals surface area contributed by atoms with Gasteiger partial charge in [0.2, 0.25) is 0 Å². The van der Waals surface area contributed by atoms with Gasteiger partial charge in [-0.3, -0.25) is 18.9 Å². The number of aliphatic hydroxyl groups is 3.